The number of carbonyl (C=O) groups excluding carboxylic acids is 2. The van der Waals surface area contributed by atoms with Crippen molar-refractivity contribution < 1.29 is 18.4 Å². The van der Waals surface area contributed by atoms with Gasteiger partial charge in [0.15, 0.2) is 28.4 Å². The van der Waals surface area contributed by atoms with Crippen molar-refractivity contribution in [3.63, 3.8) is 0 Å². The van der Waals surface area contributed by atoms with Crippen LogP contribution in [0.15, 0.2) is 28.5 Å². The summed E-state index contributed by atoms with van der Waals surface area (Å²) in [6, 6.07) is 0.587. The molecule has 17 nitrogen and oxygen atoms in total. The molecular weight excluding hydrogens is 892 g/mol. The quantitative estimate of drug-likeness (QED) is 0.205. The second-order valence-electron chi connectivity index (χ2n) is 20.8. The fourth-order valence-electron chi connectivity index (χ4n) is 11.6. The molecule has 3 aromatic heterocycles. The van der Waals surface area contributed by atoms with Gasteiger partial charge in [-0.2, -0.15) is 5.10 Å². The minimum absolute atomic E-state index is 0. The summed E-state index contributed by atoms with van der Waals surface area (Å²) >= 11 is 5.29. The molecule has 4 fully saturated rings. The maximum atomic E-state index is 14.3. The van der Waals surface area contributed by atoms with Gasteiger partial charge in [-0.25, -0.2) is 38.3 Å². The van der Waals surface area contributed by atoms with E-state index in [4.69, 9.17) is 17.3 Å². The molecule has 3 aromatic rings. The summed E-state index contributed by atoms with van der Waals surface area (Å²) in [5.41, 5.74) is 9.43. The molecule has 0 radical (unpaired) electrons. The number of urea groups is 2. The van der Waals surface area contributed by atoms with Crippen LogP contribution in [0.3, 0.4) is 0 Å². The van der Waals surface area contributed by atoms with E-state index in [0.717, 1.165) is 73.8 Å². The average molecular weight is 965 g/mol. The number of fused-ring (bicyclic) bond motifs is 1. The fourth-order valence-corrected chi connectivity index (χ4v) is 11.8. The van der Waals surface area contributed by atoms with Gasteiger partial charge >= 0.3 is 12.1 Å². The van der Waals surface area contributed by atoms with Crippen molar-refractivity contribution in [1.29, 1.82) is 0 Å². The van der Waals surface area contributed by atoms with Crippen molar-refractivity contribution in [1.82, 2.24) is 59.5 Å². The molecule has 8 heterocycles. The third kappa shape index (κ3) is 9.14. The van der Waals surface area contributed by atoms with E-state index in [1.807, 2.05) is 9.80 Å². The molecule has 0 unspecified atom stereocenters. The van der Waals surface area contributed by atoms with Crippen LogP contribution >= 0.6 is 11.6 Å². The number of amides is 4. The Morgan fingerprint density at radius 2 is 1.29 bits per heavy atom. The van der Waals surface area contributed by atoms with Gasteiger partial charge in [-0.3, -0.25) is 19.9 Å². The van der Waals surface area contributed by atoms with E-state index < -0.39 is 22.7 Å². The molecule has 2 atom stereocenters. The van der Waals surface area contributed by atoms with Gasteiger partial charge in [0.2, 0.25) is 0 Å². The third-order valence-electron chi connectivity index (χ3n) is 15.9. The SMILES string of the molecule is C.C[C@H]1CN(C)C2(CCCC2)CN1C(=O)N1Cc2c(N)n[nH]c2C1(C)C.Cc1ncc(F)c(Cl)n1.Cc1ncc(F)c(NC2=NCC3=C2CN(C(=O)N2CC4(CCCC4)N(C)C[C@@H]2C)C3(C)C)n1. The zero-order chi connectivity index (χ0) is 48.4. The normalized spacial score (nSPS) is 24.3. The molecule has 4 N–H and O–H groups in total. The molecule has 2 saturated heterocycles. The first-order valence-electron chi connectivity index (χ1n) is 23.7. The van der Waals surface area contributed by atoms with E-state index in [1.165, 1.54) is 38.5 Å². The number of aromatic nitrogens is 6. The highest BCUT2D eigenvalue weighted by molar-refractivity contribution is 6.29. The van der Waals surface area contributed by atoms with Crippen molar-refractivity contribution in [3.05, 3.63) is 63.2 Å². The number of aliphatic imine (C=N–C) groups is 1. The van der Waals surface area contributed by atoms with E-state index in [1.54, 1.807) is 13.8 Å². The van der Waals surface area contributed by atoms with Crippen LogP contribution in [-0.2, 0) is 12.1 Å². The Bertz CT molecular complexity index is 2450. The fraction of sp³-hybridized carbons (Fsp3) is 0.667. The van der Waals surface area contributed by atoms with Crippen LogP contribution in [0.4, 0.5) is 30.0 Å². The summed E-state index contributed by atoms with van der Waals surface area (Å²) in [6.45, 7) is 20.9. The number of carbonyl (C=O) groups is 2. The Balaban J connectivity index is 0.000000172. The van der Waals surface area contributed by atoms with E-state index in [9.17, 15) is 18.4 Å². The molecule has 4 amide bonds. The Hall–Kier alpha value is -5.01. The number of H-pyrrole nitrogens is 1. The summed E-state index contributed by atoms with van der Waals surface area (Å²) in [5.74, 6) is 1.09. The Morgan fingerprint density at radius 3 is 1.79 bits per heavy atom. The highest BCUT2D eigenvalue weighted by atomic mass is 35.5. The van der Waals surface area contributed by atoms with Crippen LogP contribution in [0, 0.1) is 25.5 Å². The number of amidine groups is 1. The van der Waals surface area contributed by atoms with Crippen molar-refractivity contribution in [2.45, 2.75) is 155 Å². The second-order valence-corrected chi connectivity index (χ2v) is 21.2. The average Bonchev–Trinajstić information content (AvgIpc) is 4.14. The largest absolute Gasteiger partial charge is 0.382 e. The number of nitrogens with two attached hydrogens (primary N) is 1. The first kappa shape index (κ1) is 50.9. The van der Waals surface area contributed by atoms with Crippen molar-refractivity contribution >= 4 is 41.1 Å². The lowest BCUT2D eigenvalue weighted by atomic mass is 9.90. The van der Waals surface area contributed by atoms with Gasteiger partial charge in [-0.1, -0.05) is 44.7 Å². The molecule has 0 bridgehead atoms. The summed E-state index contributed by atoms with van der Waals surface area (Å²) in [6.07, 6.45) is 11.9. The summed E-state index contributed by atoms with van der Waals surface area (Å²) in [4.78, 5) is 60.3. The topological polar surface area (TPSA) is 184 Å². The van der Waals surface area contributed by atoms with Gasteiger partial charge in [0.1, 0.15) is 17.5 Å². The predicted octanol–water partition coefficient (Wildman–Crippen LogP) is 7.53. The predicted molar refractivity (Wildman–Crippen MR) is 261 cm³/mol. The molecule has 20 heteroatoms. The number of aryl methyl sites for hydroxylation is 2. The van der Waals surface area contributed by atoms with E-state index >= 15 is 0 Å². The number of nitrogen functional groups attached to an aromatic ring is 1. The summed E-state index contributed by atoms with van der Waals surface area (Å²) < 4.78 is 26.5. The van der Waals surface area contributed by atoms with Crippen LogP contribution in [0.1, 0.15) is 123 Å². The zero-order valence-electron chi connectivity index (χ0n) is 40.8. The smallest absolute Gasteiger partial charge is 0.321 e. The molecule has 372 valence electrons. The number of nitrogens with one attached hydrogen (secondary N) is 2. The molecular formula is C48H72ClF2N15O2. The Morgan fingerprint density at radius 1 is 0.794 bits per heavy atom. The van der Waals surface area contributed by atoms with Gasteiger partial charge in [-0.15, -0.1) is 0 Å². The van der Waals surface area contributed by atoms with Crippen molar-refractivity contribution in [2.24, 2.45) is 4.99 Å². The van der Waals surface area contributed by atoms with Gasteiger partial charge < -0.3 is 30.7 Å². The minimum atomic E-state index is -0.581. The van der Waals surface area contributed by atoms with E-state index in [-0.39, 0.29) is 53.6 Å². The van der Waals surface area contributed by atoms with Gasteiger partial charge in [0, 0.05) is 60.5 Å². The number of piperazine rings is 2. The highest BCUT2D eigenvalue weighted by Gasteiger charge is 2.52. The van der Waals surface area contributed by atoms with E-state index in [0.29, 0.717) is 42.9 Å². The van der Waals surface area contributed by atoms with Crippen LogP contribution in [0.5, 0.6) is 0 Å². The molecule has 2 spiro atoms. The number of nitrogens with zero attached hydrogens (tertiary/aromatic N) is 12. The molecule has 10 rings (SSSR count). The number of halogens is 3. The van der Waals surface area contributed by atoms with Crippen molar-refractivity contribution in [2.75, 3.05) is 64.4 Å². The molecule has 7 aliphatic rings. The standard InChI is InChI=1S/C24H34FN7O.C18H30N6O.C5H4ClFN2.CH4/c1-15-12-30(5)24(8-6-7-9-24)14-31(15)22(33)32-13-17-18(23(32,3)4)10-27-20(17)29-21-19(25)11-26-16(2)28-21;1-12-9-22(4)18(7-5-6-8-18)11-23(12)16(25)24-10-13-14(17(24,2)3)20-21-15(13)19;1-3-8-2-4(7)5(6)9-3;/h11,15H,6-10,12-14H2,1-5H3,(H,26,27,28,29);12H,5-11H2,1-4H3,(H3,19,20,21);2H,1H3;1H4/t15-;12-;;/m00../s1. The lowest BCUT2D eigenvalue weighted by molar-refractivity contribution is -0.00744. The minimum Gasteiger partial charge on any atom is -0.382 e. The van der Waals surface area contributed by atoms with E-state index in [2.05, 4.69) is 116 Å². The van der Waals surface area contributed by atoms with Crippen LogP contribution < -0.4 is 11.1 Å². The first-order valence-corrected chi connectivity index (χ1v) is 24.1. The van der Waals surface area contributed by atoms with Gasteiger partial charge in [-0.05, 0) is 101 Å². The molecule has 0 aromatic carbocycles. The van der Waals surface area contributed by atoms with Crippen LogP contribution in [0.2, 0.25) is 5.15 Å². The zero-order valence-corrected chi connectivity index (χ0v) is 41.6. The van der Waals surface area contributed by atoms with Crippen LogP contribution in [0.25, 0.3) is 0 Å². The highest BCUT2D eigenvalue weighted by Crippen LogP contribution is 2.45. The Labute approximate surface area is 405 Å². The van der Waals surface area contributed by atoms with Crippen molar-refractivity contribution in [3.8, 4) is 0 Å². The maximum absolute atomic E-state index is 14.3. The first-order chi connectivity index (χ1) is 31.6. The van der Waals surface area contributed by atoms with Crippen LogP contribution in [-0.4, -0.2) is 159 Å². The molecule has 68 heavy (non-hydrogen) atoms. The summed E-state index contributed by atoms with van der Waals surface area (Å²) in [5, 5.41) is 10.1. The number of rotatable bonds is 1. The number of aromatic amines is 1. The number of likely N-dealkylation sites (N-methyl/N-ethyl adjacent to an activating group) is 2. The molecule has 5 aliphatic heterocycles. The third-order valence-corrected chi connectivity index (χ3v) is 16.2. The lowest BCUT2D eigenvalue weighted by Gasteiger charge is -2.52. The van der Waals surface area contributed by atoms with Gasteiger partial charge in [0.05, 0.1) is 48.8 Å². The lowest BCUT2D eigenvalue weighted by Crippen LogP contribution is -2.66. The second kappa shape index (κ2) is 19.1. The number of hydrogen-bond acceptors (Lipinski definition) is 12. The number of hydrogen-bond donors (Lipinski definition) is 3. The van der Waals surface area contributed by atoms with Gasteiger partial charge in [0.25, 0.3) is 0 Å². The maximum Gasteiger partial charge on any atom is 0.321 e. The Kier molecular flexibility index (Phi) is 14.3. The molecule has 2 aliphatic carbocycles. The molecule has 2 saturated carbocycles. The summed E-state index contributed by atoms with van der Waals surface area (Å²) in [7, 11) is 4.43. The number of anilines is 2. The monoisotopic (exact) mass is 964 g/mol.